The first-order valence-corrected chi connectivity index (χ1v) is 9.14. The van der Waals surface area contributed by atoms with Gasteiger partial charge in [-0.15, -0.1) is 0 Å². The van der Waals surface area contributed by atoms with Gasteiger partial charge in [0, 0.05) is 42.5 Å². The van der Waals surface area contributed by atoms with E-state index in [0.29, 0.717) is 25.2 Å². The second kappa shape index (κ2) is 8.97. The van der Waals surface area contributed by atoms with Gasteiger partial charge in [-0.1, -0.05) is 28.1 Å². The maximum atomic E-state index is 12.3. The van der Waals surface area contributed by atoms with Crippen molar-refractivity contribution in [2.75, 3.05) is 19.6 Å². The van der Waals surface area contributed by atoms with Crippen LogP contribution in [0.1, 0.15) is 43.0 Å². The van der Waals surface area contributed by atoms with E-state index in [0.717, 1.165) is 17.3 Å². The van der Waals surface area contributed by atoms with Gasteiger partial charge in [0.05, 0.1) is 5.92 Å². The van der Waals surface area contributed by atoms with Crippen molar-refractivity contribution in [3.05, 3.63) is 34.3 Å². The number of hydrogen-bond donors (Lipinski definition) is 1. The Bertz CT molecular complexity index is 601. The molecular weight excluding hydrogens is 372 g/mol. The Morgan fingerprint density at radius 1 is 1.21 bits per heavy atom. The third kappa shape index (κ3) is 5.16. The van der Waals surface area contributed by atoms with E-state index in [1.807, 2.05) is 19.1 Å². The van der Waals surface area contributed by atoms with Crippen LogP contribution in [0.5, 0.6) is 0 Å². The van der Waals surface area contributed by atoms with E-state index in [2.05, 4.69) is 21.2 Å². The summed E-state index contributed by atoms with van der Waals surface area (Å²) in [7, 11) is 0. The predicted octanol–water partition coefficient (Wildman–Crippen LogP) is 2.79. The third-order valence-electron chi connectivity index (χ3n) is 4.23. The molecule has 1 aromatic carbocycles. The molecular formula is C18H23BrN2O3. The summed E-state index contributed by atoms with van der Waals surface area (Å²) in [5.74, 6) is -0.201. The van der Waals surface area contributed by atoms with Crippen LogP contribution in [-0.4, -0.2) is 42.1 Å². The van der Waals surface area contributed by atoms with Gasteiger partial charge in [-0.25, -0.2) is 0 Å². The number of rotatable bonds is 6. The summed E-state index contributed by atoms with van der Waals surface area (Å²) >= 11 is 3.33. The van der Waals surface area contributed by atoms with Gasteiger partial charge in [0.25, 0.3) is 0 Å². The molecule has 1 N–H and O–H groups in total. The lowest BCUT2D eigenvalue weighted by molar-refractivity contribution is -0.135. The number of nitrogens with one attached hydrogen (secondary N) is 1. The maximum absolute atomic E-state index is 12.3. The van der Waals surface area contributed by atoms with Crippen molar-refractivity contribution in [3.8, 4) is 0 Å². The molecule has 1 fully saturated rings. The fourth-order valence-corrected chi connectivity index (χ4v) is 3.16. The summed E-state index contributed by atoms with van der Waals surface area (Å²) in [4.78, 5) is 38.2. The maximum Gasteiger partial charge on any atom is 0.224 e. The van der Waals surface area contributed by atoms with Gasteiger partial charge in [0.1, 0.15) is 0 Å². The normalized spacial score (nSPS) is 17.4. The Labute approximate surface area is 150 Å². The van der Waals surface area contributed by atoms with Crippen molar-refractivity contribution in [2.45, 2.75) is 32.6 Å². The van der Waals surface area contributed by atoms with Crippen LogP contribution in [-0.2, 0) is 9.59 Å². The van der Waals surface area contributed by atoms with E-state index < -0.39 is 0 Å². The number of piperidine rings is 1. The highest BCUT2D eigenvalue weighted by atomic mass is 79.9. The van der Waals surface area contributed by atoms with E-state index in [1.54, 1.807) is 17.0 Å². The highest BCUT2D eigenvalue weighted by Gasteiger charge is 2.28. The number of halogens is 1. The molecule has 1 aliphatic heterocycles. The van der Waals surface area contributed by atoms with Crippen molar-refractivity contribution in [1.29, 1.82) is 0 Å². The Balaban J connectivity index is 1.84. The van der Waals surface area contributed by atoms with Gasteiger partial charge in [-0.2, -0.15) is 0 Å². The number of amides is 2. The molecule has 0 spiro atoms. The van der Waals surface area contributed by atoms with Crippen molar-refractivity contribution < 1.29 is 14.4 Å². The topological polar surface area (TPSA) is 66.5 Å². The molecule has 5 nitrogen and oxygen atoms in total. The van der Waals surface area contributed by atoms with Crippen LogP contribution >= 0.6 is 15.9 Å². The van der Waals surface area contributed by atoms with Crippen LogP contribution in [0.15, 0.2) is 28.7 Å². The number of hydrogen-bond acceptors (Lipinski definition) is 3. The van der Waals surface area contributed by atoms with E-state index in [9.17, 15) is 14.4 Å². The van der Waals surface area contributed by atoms with E-state index in [1.165, 1.54) is 0 Å². The fourth-order valence-electron chi connectivity index (χ4n) is 2.89. The number of carbonyl (C=O) groups excluding carboxylic acids is 3. The highest BCUT2D eigenvalue weighted by Crippen LogP contribution is 2.18. The van der Waals surface area contributed by atoms with Gasteiger partial charge < -0.3 is 10.2 Å². The molecule has 6 heteroatoms. The standard InChI is InChI=1S/C18H23BrN2O3/c1-2-20-18(24)14-4-3-11-21(12-14)17(23)10-9-16(22)13-5-7-15(19)8-6-13/h5-8,14H,2-4,9-12H2,1H3,(H,20,24). The Morgan fingerprint density at radius 2 is 1.92 bits per heavy atom. The molecule has 130 valence electrons. The zero-order valence-electron chi connectivity index (χ0n) is 13.9. The summed E-state index contributed by atoms with van der Waals surface area (Å²) in [5, 5.41) is 2.82. The van der Waals surface area contributed by atoms with Crippen LogP contribution in [0.4, 0.5) is 0 Å². The van der Waals surface area contributed by atoms with Crippen molar-refractivity contribution in [3.63, 3.8) is 0 Å². The summed E-state index contributed by atoms with van der Waals surface area (Å²) in [6, 6.07) is 7.14. The smallest absolute Gasteiger partial charge is 0.224 e. The number of Topliss-reactive ketones (excluding diaryl/α,β-unsaturated/α-hetero) is 1. The molecule has 1 unspecified atom stereocenters. The van der Waals surface area contributed by atoms with Crippen LogP contribution in [0.3, 0.4) is 0 Å². The summed E-state index contributed by atoms with van der Waals surface area (Å²) in [6.07, 6.45) is 2.03. The number of nitrogens with zero attached hydrogens (tertiary/aromatic N) is 1. The largest absolute Gasteiger partial charge is 0.356 e. The lowest BCUT2D eigenvalue weighted by Gasteiger charge is -2.32. The van der Waals surface area contributed by atoms with Crippen LogP contribution in [0.25, 0.3) is 0 Å². The van der Waals surface area contributed by atoms with Crippen LogP contribution in [0, 0.1) is 5.92 Å². The van der Waals surface area contributed by atoms with E-state index in [4.69, 9.17) is 0 Å². The first-order valence-electron chi connectivity index (χ1n) is 8.35. The SMILES string of the molecule is CCNC(=O)C1CCCN(C(=O)CCC(=O)c2ccc(Br)cc2)C1. The summed E-state index contributed by atoms with van der Waals surface area (Å²) in [5.41, 5.74) is 0.616. The Morgan fingerprint density at radius 3 is 2.58 bits per heavy atom. The predicted molar refractivity (Wildman–Crippen MR) is 95.7 cm³/mol. The minimum absolute atomic E-state index is 0.0148. The van der Waals surface area contributed by atoms with Crippen molar-refractivity contribution in [1.82, 2.24) is 10.2 Å². The molecule has 1 heterocycles. The molecule has 1 saturated heterocycles. The minimum atomic E-state index is -0.134. The monoisotopic (exact) mass is 394 g/mol. The lowest BCUT2D eigenvalue weighted by atomic mass is 9.96. The Kier molecular flexibility index (Phi) is 6.97. The highest BCUT2D eigenvalue weighted by molar-refractivity contribution is 9.10. The summed E-state index contributed by atoms with van der Waals surface area (Å²) < 4.78 is 0.917. The second-order valence-corrected chi connectivity index (χ2v) is 6.92. The molecule has 1 atom stereocenters. The molecule has 0 bridgehead atoms. The lowest BCUT2D eigenvalue weighted by Crippen LogP contribution is -2.45. The number of ketones is 1. The number of carbonyl (C=O) groups is 3. The fraction of sp³-hybridized carbons (Fsp3) is 0.500. The van der Waals surface area contributed by atoms with Crippen molar-refractivity contribution in [2.24, 2.45) is 5.92 Å². The van der Waals surface area contributed by atoms with Gasteiger partial charge in [-0.3, -0.25) is 14.4 Å². The first kappa shape index (κ1) is 18.6. The Hall–Kier alpha value is -1.69. The van der Waals surface area contributed by atoms with Gasteiger partial charge in [0.15, 0.2) is 5.78 Å². The third-order valence-corrected chi connectivity index (χ3v) is 4.76. The summed E-state index contributed by atoms with van der Waals surface area (Å²) in [6.45, 7) is 3.61. The first-order chi connectivity index (χ1) is 11.5. The number of likely N-dealkylation sites (tertiary alicyclic amines) is 1. The van der Waals surface area contributed by atoms with Crippen molar-refractivity contribution >= 4 is 33.5 Å². The minimum Gasteiger partial charge on any atom is -0.356 e. The molecule has 0 aromatic heterocycles. The van der Waals surface area contributed by atoms with Gasteiger partial charge in [-0.05, 0) is 31.9 Å². The average Bonchev–Trinajstić information content (AvgIpc) is 2.60. The van der Waals surface area contributed by atoms with E-state index in [-0.39, 0.29) is 36.4 Å². The molecule has 24 heavy (non-hydrogen) atoms. The molecule has 0 radical (unpaired) electrons. The van der Waals surface area contributed by atoms with Crippen LogP contribution < -0.4 is 5.32 Å². The molecule has 0 aliphatic carbocycles. The average molecular weight is 395 g/mol. The van der Waals surface area contributed by atoms with Gasteiger partial charge in [0.2, 0.25) is 11.8 Å². The zero-order valence-corrected chi connectivity index (χ0v) is 15.5. The molecule has 1 aliphatic rings. The zero-order chi connectivity index (χ0) is 17.5. The second-order valence-electron chi connectivity index (χ2n) is 6.00. The molecule has 2 rings (SSSR count). The molecule has 0 saturated carbocycles. The van der Waals surface area contributed by atoms with Crippen LogP contribution in [0.2, 0.25) is 0 Å². The number of benzene rings is 1. The van der Waals surface area contributed by atoms with E-state index >= 15 is 0 Å². The quantitative estimate of drug-likeness (QED) is 0.754. The molecule has 2 amide bonds. The molecule has 1 aromatic rings. The van der Waals surface area contributed by atoms with Gasteiger partial charge >= 0.3 is 0 Å².